The summed E-state index contributed by atoms with van der Waals surface area (Å²) in [6, 6.07) is 6.30. The first-order valence-corrected chi connectivity index (χ1v) is 5.61. The summed E-state index contributed by atoms with van der Waals surface area (Å²) in [6.07, 6.45) is 0.690. The van der Waals surface area contributed by atoms with Crippen LogP contribution in [-0.4, -0.2) is 25.2 Å². The average Bonchev–Trinajstić information content (AvgIpc) is 2.35. The minimum Gasteiger partial charge on any atom is -0.462 e. The Bertz CT molecular complexity index is 422. The monoisotopic (exact) mass is 234 g/mol. The molecule has 2 bridgehead atoms. The van der Waals surface area contributed by atoms with Gasteiger partial charge in [0.2, 0.25) is 0 Å². The van der Waals surface area contributed by atoms with Crippen molar-refractivity contribution in [2.45, 2.75) is 13.3 Å². The van der Waals surface area contributed by atoms with E-state index < -0.39 is 0 Å². The van der Waals surface area contributed by atoms with E-state index in [9.17, 15) is 9.59 Å². The van der Waals surface area contributed by atoms with Crippen molar-refractivity contribution in [1.29, 1.82) is 0 Å². The van der Waals surface area contributed by atoms with E-state index in [2.05, 4.69) is 0 Å². The molecule has 4 heteroatoms. The molecule has 1 atom stereocenters. The minimum atomic E-state index is -0.350. The summed E-state index contributed by atoms with van der Waals surface area (Å²) >= 11 is 0. The second-order valence-corrected chi connectivity index (χ2v) is 4.21. The smallest absolute Gasteiger partial charge is 0.338 e. The molecule has 2 heterocycles. The molecule has 0 saturated carbocycles. The molecule has 0 fully saturated rings. The first-order valence-electron chi connectivity index (χ1n) is 5.61. The Labute approximate surface area is 99.5 Å². The van der Waals surface area contributed by atoms with Crippen LogP contribution < -0.4 is 0 Å². The summed E-state index contributed by atoms with van der Waals surface area (Å²) < 4.78 is 10.3. The van der Waals surface area contributed by atoms with Crippen molar-refractivity contribution in [2.24, 2.45) is 5.92 Å². The molecular formula is C13H14O4. The fourth-order valence-corrected chi connectivity index (χ4v) is 1.56. The van der Waals surface area contributed by atoms with Crippen molar-refractivity contribution < 1.29 is 19.1 Å². The third kappa shape index (κ3) is 2.84. The summed E-state index contributed by atoms with van der Waals surface area (Å²) in [7, 11) is 0. The predicted octanol–water partition coefficient (Wildman–Crippen LogP) is 2.04. The molecule has 3 rings (SSSR count). The Hall–Kier alpha value is -1.84. The van der Waals surface area contributed by atoms with E-state index in [1.165, 1.54) is 0 Å². The number of carbonyl (C=O) groups is 2. The Balaban J connectivity index is 2.24. The molecule has 1 unspecified atom stereocenters. The van der Waals surface area contributed by atoms with Gasteiger partial charge in [-0.3, -0.25) is 0 Å². The average molecular weight is 234 g/mol. The van der Waals surface area contributed by atoms with Crippen LogP contribution in [0.2, 0.25) is 0 Å². The van der Waals surface area contributed by atoms with Crippen LogP contribution in [0.15, 0.2) is 24.3 Å². The molecule has 0 aliphatic carbocycles. The highest BCUT2D eigenvalue weighted by Gasteiger charge is 2.14. The third-order valence-electron chi connectivity index (χ3n) is 2.70. The maximum absolute atomic E-state index is 11.6. The molecule has 17 heavy (non-hydrogen) atoms. The largest absolute Gasteiger partial charge is 0.462 e. The van der Waals surface area contributed by atoms with Crippen molar-refractivity contribution in [3.05, 3.63) is 35.4 Å². The molecular weight excluding hydrogens is 220 g/mol. The first kappa shape index (κ1) is 11.6. The van der Waals surface area contributed by atoms with Crippen LogP contribution >= 0.6 is 0 Å². The number of carbonyl (C=O) groups excluding carboxylic acids is 2. The molecule has 0 N–H and O–H groups in total. The van der Waals surface area contributed by atoms with E-state index in [4.69, 9.17) is 9.47 Å². The van der Waals surface area contributed by atoms with Gasteiger partial charge in [-0.15, -0.1) is 0 Å². The molecule has 0 radical (unpaired) electrons. The van der Waals surface area contributed by atoms with Gasteiger partial charge in [0, 0.05) is 0 Å². The highest BCUT2D eigenvalue weighted by Crippen LogP contribution is 2.12. The molecule has 0 spiro atoms. The molecule has 90 valence electrons. The molecule has 0 amide bonds. The van der Waals surface area contributed by atoms with Crippen LogP contribution in [0, 0.1) is 5.92 Å². The highest BCUT2D eigenvalue weighted by atomic mass is 16.5. The Morgan fingerprint density at radius 2 is 1.53 bits per heavy atom. The highest BCUT2D eigenvalue weighted by molar-refractivity contribution is 5.93. The van der Waals surface area contributed by atoms with Gasteiger partial charge in [-0.05, 0) is 36.6 Å². The van der Waals surface area contributed by atoms with Crippen molar-refractivity contribution in [3.8, 4) is 0 Å². The topological polar surface area (TPSA) is 52.6 Å². The summed E-state index contributed by atoms with van der Waals surface area (Å²) in [5.41, 5.74) is 0.907. The van der Waals surface area contributed by atoms with Gasteiger partial charge in [0.1, 0.15) is 0 Å². The number of rotatable bonds is 0. The molecule has 2 aliphatic rings. The lowest BCUT2D eigenvalue weighted by atomic mass is 10.1. The predicted molar refractivity (Wildman–Crippen MR) is 60.8 cm³/mol. The fourth-order valence-electron chi connectivity index (χ4n) is 1.56. The van der Waals surface area contributed by atoms with Gasteiger partial charge in [0.25, 0.3) is 0 Å². The maximum atomic E-state index is 11.6. The van der Waals surface area contributed by atoms with Crippen molar-refractivity contribution in [1.82, 2.24) is 0 Å². The number of esters is 2. The lowest BCUT2D eigenvalue weighted by Gasteiger charge is -2.14. The van der Waals surface area contributed by atoms with Gasteiger partial charge < -0.3 is 9.47 Å². The van der Waals surface area contributed by atoms with Crippen LogP contribution in [0.3, 0.4) is 0 Å². The Morgan fingerprint density at radius 1 is 1.00 bits per heavy atom. The van der Waals surface area contributed by atoms with E-state index >= 15 is 0 Å². The van der Waals surface area contributed by atoms with Gasteiger partial charge >= 0.3 is 11.9 Å². The fraction of sp³-hybridized carbons (Fsp3) is 0.385. The molecule has 1 aromatic rings. The maximum Gasteiger partial charge on any atom is 0.338 e. The Morgan fingerprint density at radius 3 is 2.12 bits per heavy atom. The Kier molecular flexibility index (Phi) is 3.42. The van der Waals surface area contributed by atoms with Gasteiger partial charge in [-0.2, -0.15) is 0 Å². The lowest BCUT2D eigenvalue weighted by molar-refractivity contribution is 0.0362. The number of fused-ring (bicyclic) bond motifs is 9. The van der Waals surface area contributed by atoms with Crippen molar-refractivity contribution >= 4 is 11.9 Å². The third-order valence-corrected chi connectivity index (χ3v) is 2.70. The number of benzene rings is 1. The van der Waals surface area contributed by atoms with Crippen LogP contribution in [0.25, 0.3) is 0 Å². The van der Waals surface area contributed by atoms with Crippen LogP contribution in [0.5, 0.6) is 0 Å². The summed E-state index contributed by atoms with van der Waals surface area (Å²) in [6.45, 7) is 2.64. The number of hydrogen-bond donors (Lipinski definition) is 0. The quantitative estimate of drug-likeness (QED) is 0.644. The SMILES string of the molecule is CC1CCOC(=O)c2ccc(cc2)C(=O)OC1. The molecule has 0 aromatic heterocycles. The number of ether oxygens (including phenoxy) is 2. The minimum absolute atomic E-state index is 0.184. The molecule has 4 nitrogen and oxygen atoms in total. The van der Waals surface area contributed by atoms with E-state index in [1.807, 2.05) is 6.92 Å². The van der Waals surface area contributed by atoms with Crippen molar-refractivity contribution in [3.63, 3.8) is 0 Å². The molecule has 2 aliphatic heterocycles. The summed E-state index contributed by atoms with van der Waals surface area (Å²) in [5.74, 6) is -0.515. The van der Waals surface area contributed by atoms with E-state index in [0.29, 0.717) is 30.8 Å². The molecule has 0 saturated heterocycles. The second-order valence-electron chi connectivity index (χ2n) is 4.21. The van der Waals surface area contributed by atoms with E-state index in [0.717, 1.165) is 0 Å². The standard InChI is InChI=1S/C13H14O4/c1-9-6-7-16-12(14)10-2-4-11(5-3-10)13(15)17-8-9/h2-5,9H,6-8H2,1H3. The van der Waals surface area contributed by atoms with Crippen LogP contribution in [0.4, 0.5) is 0 Å². The summed E-state index contributed by atoms with van der Waals surface area (Å²) in [5, 5.41) is 0. The zero-order valence-corrected chi connectivity index (χ0v) is 9.64. The zero-order chi connectivity index (χ0) is 12.3. The lowest BCUT2D eigenvalue weighted by Crippen LogP contribution is -2.16. The first-order chi connectivity index (χ1) is 8.16. The summed E-state index contributed by atoms with van der Waals surface area (Å²) in [4.78, 5) is 23.2. The van der Waals surface area contributed by atoms with Crippen LogP contribution in [-0.2, 0) is 9.47 Å². The molecule has 1 aromatic carbocycles. The normalized spacial score (nSPS) is 21.1. The zero-order valence-electron chi connectivity index (χ0n) is 9.64. The second kappa shape index (κ2) is 4.99. The van der Waals surface area contributed by atoms with Gasteiger partial charge in [0.15, 0.2) is 0 Å². The number of hydrogen-bond acceptors (Lipinski definition) is 4. The van der Waals surface area contributed by atoms with E-state index in [-0.39, 0.29) is 17.9 Å². The van der Waals surface area contributed by atoms with Gasteiger partial charge in [-0.1, -0.05) is 6.92 Å². The van der Waals surface area contributed by atoms with Gasteiger partial charge in [0.05, 0.1) is 24.3 Å². The van der Waals surface area contributed by atoms with Gasteiger partial charge in [-0.25, -0.2) is 9.59 Å². The van der Waals surface area contributed by atoms with Crippen LogP contribution in [0.1, 0.15) is 34.1 Å². The van der Waals surface area contributed by atoms with E-state index in [1.54, 1.807) is 24.3 Å². The van der Waals surface area contributed by atoms with Crippen molar-refractivity contribution in [2.75, 3.05) is 13.2 Å².